The molecule has 108 valence electrons. The molecule has 1 aliphatic carbocycles. The quantitative estimate of drug-likeness (QED) is 0.748. The average molecular weight is 266 g/mol. The van der Waals surface area contributed by atoms with E-state index in [1.54, 1.807) is 6.08 Å². The van der Waals surface area contributed by atoms with E-state index in [2.05, 4.69) is 6.92 Å². The Balaban J connectivity index is 1.84. The average Bonchev–Trinajstić information content (AvgIpc) is 2.78. The molecule has 0 aromatic heterocycles. The van der Waals surface area contributed by atoms with E-state index in [4.69, 9.17) is 4.74 Å². The third-order valence-electron chi connectivity index (χ3n) is 4.32. The molecule has 0 aromatic carbocycles. The smallest absolute Gasteiger partial charge is 0.202 e. The Morgan fingerprint density at radius 3 is 2.68 bits per heavy atom. The Morgan fingerprint density at radius 1 is 1.26 bits per heavy atom. The SMILES string of the molecule is CCCCCCC1=CC(=O)C(C2(O)CCCCC2)O1. The Morgan fingerprint density at radius 2 is 2.00 bits per heavy atom. The lowest BCUT2D eigenvalue weighted by molar-refractivity contribution is -0.142. The van der Waals surface area contributed by atoms with Gasteiger partial charge in [0.15, 0.2) is 6.10 Å². The van der Waals surface area contributed by atoms with Crippen molar-refractivity contribution in [3.8, 4) is 0 Å². The molecule has 0 amide bonds. The second-order valence-corrected chi connectivity index (χ2v) is 5.99. The van der Waals surface area contributed by atoms with E-state index in [1.807, 2.05) is 0 Å². The fraction of sp³-hybridized carbons (Fsp3) is 0.812. The molecular formula is C16H26O3. The summed E-state index contributed by atoms with van der Waals surface area (Å²) in [5, 5.41) is 10.6. The predicted molar refractivity (Wildman–Crippen MR) is 74.8 cm³/mol. The standard InChI is InChI=1S/C16H26O3/c1-2-3-4-6-9-13-12-14(17)15(19-13)16(18)10-7-5-8-11-16/h12,15,18H,2-11H2,1H3. The fourth-order valence-electron chi connectivity index (χ4n) is 3.14. The van der Waals surface area contributed by atoms with E-state index in [9.17, 15) is 9.90 Å². The number of aliphatic hydroxyl groups is 1. The van der Waals surface area contributed by atoms with Crippen molar-refractivity contribution in [2.24, 2.45) is 0 Å². The summed E-state index contributed by atoms with van der Waals surface area (Å²) in [5.41, 5.74) is -0.920. The molecule has 3 nitrogen and oxygen atoms in total. The van der Waals surface area contributed by atoms with Gasteiger partial charge in [-0.25, -0.2) is 0 Å². The van der Waals surface area contributed by atoms with Crippen LogP contribution in [0.2, 0.25) is 0 Å². The van der Waals surface area contributed by atoms with Gasteiger partial charge in [0.1, 0.15) is 11.4 Å². The summed E-state index contributed by atoms with van der Waals surface area (Å²) in [7, 11) is 0. The van der Waals surface area contributed by atoms with E-state index >= 15 is 0 Å². The maximum atomic E-state index is 12.0. The van der Waals surface area contributed by atoms with Crippen LogP contribution in [-0.2, 0) is 9.53 Å². The van der Waals surface area contributed by atoms with Crippen molar-refractivity contribution in [1.82, 2.24) is 0 Å². The molecule has 1 heterocycles. The lowest BCUT2D eigenvalue weighted by Gasteiger charge is -2.35. The minimum atomic E-state index is -0.920. The molecular weight excluding hydrogens is 240 g/mol. The molecule has 0 spiro atoms. The predicted octanol–water partition coefficient (Wildman–Crippen LogP) is 3.50. The summed E-state index contributed by atoms with van der Waals surface area (Å²) in [6.45, 7) is 2.18. The van der Waals surface area contributed by atoms with Gasteiger partial charge in [0.2, 0.25) is 5.78 Å². The first-order valence-electron chi connectivity index (χ1n) is 7.79. The van der Waals surface area contributed by atoms with Gasteiger partial charge in [-0.15, -0.1) is 0 Å². The minimum Gasteiger partial charge on any atom is -0.483 e. The number of ether oxygens (including phenoxy) is 1. The molecule has 3 heteroatoms. The normalized spacial score (nSPS) is 26.1. The zero-order chi connectivity index (χ0) is 13.7. The molecule has 1 saturated carbocycles. The van der Waals surface area contributed by atoms with Crippen LogP contribution in [0.5, 0.6) is 0 Å². The number of allylic oxidation sites excluding steroid dienone is 1. The van der Waals surface area contributed by atoms with Crippen LogP contribution in [0.3, 0.4) is 0 Å². The summed E-state index contributed by atoms with van der Waals surface area (Å²) < 4.78 is 5.76. The van der Waals surface area contributed by atoms with Crippen LogP contribution in [0.15, 0.2) is 11.8 Å². The molecule has 1 unspecified atom stereocenters. The highest BCUT2D eigenvalue weighted by molar-refractivity contribution is 5.96. The van der Waals surface area contributed by atoms with Gasteiger partial charge in [-0.1, -0.05) is 45.4 Å². The van der Waals surface area contributed by atoms with Crippen LogP contribution in [0.25, 0.3) is 0 Å². The number of rotatable bonds is 6. The molecule has 19 heavy (non-hydrogen) atoms. The highest BCUT2D eigenvalue weighted by Crippen LogP contribution is 2.36. The summed E-state index contributed by atoms with van der Waals surface area (Å²) >= 11 is 0. The van der Waals surface area contributed by atoms with Crippen molar-refractivity contribution in [3.05, 3.63) is 11.8 Å². The lowest BCUT2D eigenvalue weighted by atomic mass is 9.79. The number of unbranched alkanes of at least 4 members (excludes halogenated alkanes) is 3. The topological polar surface area (TPSA) is 46.5 Å². The highest BCUT2D eigenvalue weighted by Gasteiger charge is 2.45. The number of hydrogen-bond donors (Lipinski definition) is 1. The van der Waals surface area contributed by atoms with Crippen LogP contribution in [0.1, 0.15) is 71.1 Å². The van der Waals surface area contributed by atoms with Gasteiger partial charge < -0.3 is 9.84 Å². The third-order valence-corrected chi connectivity index (χ3v) is 4.32. The van der Waals surface area contributed by atoms with E-state index in [0.29, 0.717) is 12.8 Å². The van der Waals surface area contributed by atoms with Gasteiger partial charge in [0.25, 0.3) is 0 Å². The number of carbonyl (C=O) groups is 1. The second kappa shape index (κ2) is 6.56. The van der Waals surface area contributed by atoms with Crippen molar-refractivity contribution < 1.29 is 14.6 Å². The largest absolute Gasteiger partial charge is 0.483 e. The van der Waals surface area contributed by atoms with Gasteiger partial charge in [-0.2, -0.15) is 0 Å². The molecule has 2 rings (SSSR count). The summed E-state index contributed by atoms with van der Waals surface area (Å²) in [6.07, 6.45) is 11.0. The third kappa shape index (κ3) is 3.59. The zero-order valence-corrected chi connectivity index (χ0v) is 12.0. The molecule has 0 radical (unpaired) electrons. The Labute approximate surface area is 116 Å². The van der Waals surface area contributed by atoms with Crippen molar-refractivity contribution in [2.75, 3.05) is 0 Å². The minimum absolute atomic E-state index is 0.0325. The first kappa shape index (κ1) is 14.6. The molecule has 0 bridgehead atoms. The lowest BCUT2D eigenvalue weighted by Crippen LogP contribution is -2.47. The Bertz CT molecular complexity index is 340. The van der Waals surface area contributed by atoms with Gasteiger partial charge in [0, 0.05) is 12.5 Å². The Hall–Kier alpha value is -0.830. The van der Waals surface area contributed by atoms with E-state index in [1.165, 1.54) is 19.3 Å². The van der Waals surface area contributed by atoms with E-state index in [-0.39, 0.29) is 5.78 Å². The number of hydrogen-bond acceptors (Lipinski definition) is 3. The molecule has 1 N–H and O–H groups in total. The van der Waals surface area contributed by atoms with E-state index < -0.39 is 11.7 Å². The summed E-state index contributed by atoms with van der Waals surface area (Å²) in [5.74, 6) is 0.750. The van der Waals surface area contributed by atoms with Crippen LogP contribution < -0.4 is 0 Å². The monoisotopic (exact) mass is 266 g/mol. The summed E-state index contributed by atoms with van der Waals surface area (Å²) in [4.78, 5) is 12.0. The molecule has 0 saturated heterocycles. The van der Waals surface area contributed by atoms with Crippen molar-refractivity contribution >= 4 is 5.78 Å². The fourth-order valence-corrected chi connectivity index (χ4v) is 3.14. The summed E-state index contributed by atoms with van der Waals surface area (Å²) in [6, 6.07) is 0. The van der Waals surface area contributed by atoms with Crippen LogP contribution >= 0.6 is 0 Å². The van der Waals surface area contributed by atoms with Gasteiger partial charge in [-0.05, 0) is 19.3 Å². The van der Waals surface area contributed by atoms with Crippen LogP contribution in [-0.4, -0.2) is 22.6 Å². The number of carbonyl (C=O) groups excluding carboxylic acids is 1. The van der Waals surface area contributed by atoms with E-state index in [0.717, 1.165) is 37.9 Å². The zero-order valence-electron chi connectivity index (χ0n) is 12.0. The first-order chi connectivity index (χ1) is 9.15. The highest BCUT2D eigenvalue weighted by atomic mass is 16.5. The maximum Gasteiger partial charge on any atom is 0.202 e. The second-order valence-electron chi connectivity index (χ2n) is 5.99. The molecule has 1 aliphatic heterocycles. The van der Waals surface area contributed by atoms with Gasteiger partial charge in [0.05, 0.1) is 0 Å². The van der Waals surface area contributed by atoms with Crippen molar-refractivity contribution in [3.63, 3.8) is 0 Å². The Kier molecular flexibility index (Phi) is 5.03. The molecule has 1 fully saturated rings. The maximum absolute atomic E-state index is 12.0. The van der Waals surface area contributed by atoms with Gasteiger partial charge in [-0.3, -0.25) is 4.79 Å². The van der Waals surface area contributed by atoms with Crippen molar-refractivity contribution in [2.45, 2.75) is 82.8 Å². The van der Waals surface area contributed by atoms with Crippen LogP contribution in [0.4, 0.5) is 0 Å². The van der Waals surface area contributed by atoms with Gasteiger partial charge >= 0.3 is 0 Å². The molecule has 1 atom stereocenters. The van der Waals surface area contributed by atoms with Crippen molar-refractivity contribution in [1.29, 1.82) is 0 Å². The number of ketones is 1. The van der Waals surface area contributed by atoms with Crippen LogP contribution in [0, 0.1) is 0 Å². The first-order valence-corrected chi connectivity index (χ1v) is 7.79. The molecule has 2 aliphatic rings. The molecule has 0 aromatic rings.